The van der Waals surface area contributed by atoms with Crippen molar-refractivity contribution in [2.75, 3.05) is 0 Å². The second-order valence-electron chi connectivity index (χ2n) is 7.19. The molecule has 1 aliphatic heterocycles. The van der Waals surface area contributed by atoms with Crippen molar-refractivity contribution < 1.29 is 9.59 Å². The monoisotopic (exact) mass is 409 g/mol. The quantitative estimate of drug-likeness (QED) is 0.776. The van der Waals surface area contributed by atoms with E-state index < -0.39 is 0 Å². The van der Waals surface area contributed by atoms with E-state index in [0.717, 1.165) is 26.9 Å². The minimum Gasteiger partial charge on any atom is -0.329 e. The van der Waals surface area contributed by atoms with Crippen LogP contribution in [0.1, 0.15) is 47.8 Å². The maximum Gasteiger partial charge on any atom is 0.225 e. The molecule has 1 aliphatic carbocycles. The van der Waals surface area contributed by atoms with Gasteiger partial charge in [-0.2, -0.15) is 0 Å². The number of aryl methyl sites for hydroxylation is 1. The number of amides is 1. The Morgan fingerprint density at radius 3 is 2.46 bits per heavy atom. The molecule has 1 heterocycles. The molecular formula is C22H20BrNO2. The lowest BCUT2D eigenvalue weighted by atomic mass is 9.73. The van der Waals surface area contributed by atoms with E-state index in [2.05, 4.69) is 52.4 Å². The molecule has 3 nitrogen and oxygen atoms in total. The summed E-state index contributed by atoms with van der Waals surface area (Å²) < 4.78 is 0.962. The number of hydrogen-bond acceptors (Lipinski definition) is 2. The molecule has 2 aromatic carbocycles. The summed E-state index contributed by atoms with van der Waals surface area (Å²) >= 11 is 3.49. The van der Waals surface area contributed by atoms with Gasteiger partial charge in [0, 0.05) is 34.5 Å². The molecule has 0 saturated heterocycles. The topological polar surface area (TPSA) is 46.2 Å². The third-order valence-electron chi connectivity index (χ3n) is 5.34. The van der Waals surface area contributed by atoms with Gasteiger partial charge in [-0.1, -0.05) is 57.9 Å². The van der Waals surface area contributed by atoms with Crippen LogP contribution in [0.25, 0.3) is 0 Å². The Hall–Kier alpha value is -2.20. The van der Waals surface area contributed by atoms with E-state index in [-0.39, 0.29) is 23.5 Å². The van der Waals surface area contributed by atoms with Crippen LogP contribution < -0.4 is 5.32 Å². The van der Waals surface area contributed by atoms with Crippen LogP contribution in [0, 0.1) is 6.92 Å². The van der Waals surface area contributed by atoms with E-state index in [9.17, 15) is 9.59 Å². The van der Waals surface area contributed by atoms with Gasteiger partial charge >= 0.3 is 0 Å². The molecule has 2 aliphatic rings. The van der Waals surface area contributed by atoms with Crippen LogP contribution in [-0.2, 0) is 9.59 Å². The number of ketones is 1. The molecule has 26 heavy (non-hydrogen) atoms. The summed E-state index contributed by atoms with van der Waals surface area (Å²) in [6.45, 7) is 2.06. The number of hydrogen-bond donors (Lipinski definition) is 1. The Bertz CT molecular complexity index is 914. The highest BCUT2D eigenvalue weighted by Gasteiger charge is 2.38. The van der Waals surface area contributed by atoms with Gasteiger partial charge in [0.05, 0.1) is 0 Å². The Labute approximate surface area is 161 Å². The molecule has 1 N–H and O–H groups in total. The second-order valence-corrected chi connectivity index (χ2v) is 8.11. The van der Waals surface area contributed by atoms with Gasteiger partial charge < -0.3 is 5.32 Å². The average Bonchev–Trinajstić information content (AvgIpc) is 2.61. The zero-order valence-electron chi connectivity index (χ0n) is 14.6. The van der Waals surface area contributed by atoms with Gasteiger partial charge in [0.2, 0.25) is 5.91 Å². The summed E-state index contributed by atoms with van der Waals surface area (Å²) in [6, 6.07) is 16.3. The molecule has 0 bridgehead atoms. The van der Waals surface area contributed by atoms with Crippen LogP contribution in [0.15, 0.2) is 64.3 Å². The number of Topliss-reactive ketones (excluding diaryl/α,β-unsaturated/α-hetero) is 1. The van der Waals surface area contributed by atoms with Crippen LogP contribution in [0.4, 0.5) is 0 Å². The molecule has 4 rings (SSSR count). The number of allylic oxidation sites excluding steroid dienone is 2. The van der Waals surface area contributed by atoms with Crippen LogP contribution in [0.3, 0.4) is 0 Å². The molecular weight excluding hydrogens is 390 g/mol. The SMILES string of the molecule is Cc1ccc(C2CC(=O)C3=C(C2)NC(=O)CC3c2cccc(Br)c2)cc1. The van der Waals surface area contributed by atoms with E-state index >= 15 is 0 Å². The lowest BCUT2D eigenvalue weighted by Crippen LogP contribution is -2.38. The van der Waals surface area contributed by atoms with Crippen LogP contribution in [0.2, 0.25) is 0 Å². The zero-order chi connectivity index (χ0) is 18.3. The first-order chi connectivity index (χ1) is 12.5. The number of nitrogens with one attached hydrogen (secondary N) is 1. The Kier molecular flexibility index (Phi) is 4.53. The predicted molar refractivity (Wildman–Crippen MR) is 105 cm³/mol. The molecule has 0 spiro atoms. The maximum atomic E-state index is 13.0. The van der Waals surface area contributed by atoms with Crippen molar-refractivity contribution in [1.29, 1.82) is 0 Å². The number of carbonyl (C=O) groups is 2. The summed E-state index contributed by atoms with van der Waals surface area (Å²) in [6.07, 6.45) is 1.54. The minimum atomic E-state index is -0.150. The Balaban J connectivity index is 1.71. The van der Waals surface area contributed by atoms with Gasteiger partial charge in [-0.3, -0.25) is 9.59 Å². The van der Waals surface area contributed by atoms with Crippen molar-refractivity contribution >= 4 is 27.6 Å². The van der Waals surface area contributed by atoms with Crippen LogP contribution >= 0.6 is 15.9 Å². The fraction of sp³-hybridized carbons (Fsp3) is 0.273. The smallest absolute Gasteiger partial charge is 0.225 e. The van der Waals surface area contributed by atoms with Gasteiger partial charge in [0.15, 0.2) is 5.78 Å². The number of halogens is 1. The molecule has 0 aromatic heterocycles. The summed E-state index contributed by atoms with van der Waals surface area (Å²) in [5.74, 6) is 0.124. The zero-order valence-corrected chi connectivity index (χ0v) is 16.2. The van der Waals surface area contributed by atoms with Gasteiger partial charge in [-0.05, 0) is 42.5 Å². The van der Waals surface area contributed by atoms with Gasteiger partial charge in [-0.15, -0.1) is 0 Å². The number of benzene rings is 2. The first-order valence-corrected chi connectivity index (χ1v) is 9.68. The molecule has 2 atom stereocenters. The highest BCUT2D eigenvalue weighted by molar-refractivity contribution is 9.10. The lowest BCUT2D eigenvalue weighted by Gasteiger charge is -2.34. The fourth-order valence-electron chi connectivity index (χ4n) is 4.04. The Morgan fingerprint density at radius 2 is 1.73 bits per heavy atom. The van der Waals surface area contributed by atoms with E-state index in [1.54, 1.807) is 0 Å². The normalized spacial score (nSPS) is 22.8. The third-order valence-corrected chi connectivity index (χ3v) is 5.83. The molecule has 2 unspecified atom stereocenters. The first-order valence-electron chi connectivity index (χ1n) is 8.89. The van der Waals surface area contributed by atoms with Crippen molar-refractivity contribution in [1.82, 2.24) is 5.32 Å². The fourth-order valence-corrected chi connectivity index (χ4v) is 4.46. The summed E-state index contributed by atoms with van der Waals surface area (Å²) in [4.78, 5) is 25.3. The number of carbonyl (C=O) groups excluding carboxylic acids is 2. The summed E-state index contributed by atoms with van der Waals surface area (Å²) in [7, 11) is 0. The van der Waals surface area contributed by atoms with Crippen molar-refractivity contribution in [3.63, 3.8) is 0 Å². The molecule has 4 heteroatoms. The molecule has 0 fully saturated rings. The van der Waals surface area contributed by atoms with E-state index in [4.69, 9.17) is 0 Å². The molecule has 2 aromatic rings. The average molecular weight is 410 g/mol. The highest BCUT2D eigenvalue weighted by atomic mass is 79.9. The van der Waals surface area contributed by atoms with Gasteiger partial charge in [0.1, 0.15) is 0 Å². The summed E-state index contributed by atoms with van der Waals surface area (Å²) in [5, 5.41) is 2.98. The van der Waals surface area contributed by atoms with Crippen LogP contribution in [-0.4, -0.2) is 11.7 Å². The molecule has 0 saturated carbocycles. The lowest BCUT2D eigenvalue weighted by molar-refractivity contribution is -0.122. The summed E-state index contributed by atoms with van der Waals surface area (Å²) in [5.41, 5.74) is 4.99. The third kappa shape index (κ3) is 3.26. The second kappa shape index (κ2) is 6.84. The van der Waals surface area contributed by atoms with Gasteiger partial charge in [0.25, 0.3) is 0 Å². The van der Waals surface area contributed by atoms with Crippen molar-refractivity contribution in [3.05, 3.63) is 81.0 Å². The first kappa shape index (κ1) is 17.2. The molecule has 132 valence electrons. The van der Waals surface area contributed by atoms with Crippen molar-refractivity contribution in [2.45, 2.75) is 38.0 Å². The standard InChI is InChI=1S/C22H20BrNO2/c1-13-5-7-14(8-6-13)16-10-19-22(20(25)11-16)18(12-21(26)24-19)15-3-2-4-17(23)9-15/h2-9,16,18H,10-12H2,1H3,(H,24,26). The van der Waals surface area contributed by atoms with E-state index in [1.807, 2.05) is 24.3 Å². The largest absolute Gasteiger partial charge is 0.329 e. The Morgan fingerprint density at radius 1 is 0.962 bits per heavy atom. The van der Waals surface area contributed by atoms with Crippen LogP contribution in [0.5, 0.6) is 0 Å². The predicted octanol–water partition coefficient (Wildman–Crippen LogP) is 4.76. The van der Waals surface area contributed by atoms with Crippen molar-refractivity contribution in [2.24, 2.45) is 0 Å². The van der Waals surface area contributed by atoms with Crippen molar-refractivity contribution in [3.8, 4) is 0 Å². The molecule has 1 amide bonds. The minimum absolute atomic E-state index is 0.00826. The van der Waals surface area contributed by atoms with E-state index in [0.29, 0.717) is 19.3 Å². The number of rotatable bonds is 2. The van der Waals surface area contributed by atoms with E-state index in [1.165, 1.54) is 5.56 Å². The molecule has 0 radical (unpaired) electrons. The maximum absolute atomic E-state index is 13.0. The highest BCUT2D eigenvalue weighted by Crippen LogP contribution is 2.42. The van der Waals surface area contributed by atoms with Gasteiger partial charge in [-0.25, -0.2) is 0 Å².